The van der Waals surface area contributed by atoms with Gasteiger partial charge in [0.1, 0.15) is 15.5 Å². The molecule has 3 N–H and O–H groups in total. The first kappa shape index (κ1) is 24.2. The molecule has 3 aromatic rings. The summed E-state index contributed by atoms with van der Waals surface area (Å²) in [7, 11) is -3.84. The average Bonchev–Trinajstić information content (AvgIpc) is 3.26. The molecule has 1 amide bonds. The lowest BCUT2D eigenvalue weighted by atomic mass is 10.2. The number of aromatic hydroxyl groups is 1. The topological polar surface area (TPSA) is 122 Å². The van der Waals surface area contributed by atoms with E-state index >= 15 is 0 Å². The van der Waals surface area contributed by atoms with Crippen molar-refractivity contribution in [3.63, 3.8) is 0 Å². The molecule has 0 bridgehead atoms. The van der Waals surface area contributed by atoms with Crippen LogP contribution >= 0.6 is 43.2 Å². The maximum absolute atomic E-state index is 12.4. The Morgan fingerprint density at radius 2 is 1.81 bits per heavy atom. The predicted molar refractivity (Wildman–Crippen MR) is 129 cm³/mol. The Hall–Kier alpha value is -2.41. The second-order valence-corrected chi connectivity index (χ2v) is 11.1. The minimum Gasteiger partial charge on any atom is -0.507 e. The van der Waals surface area contributed by atoms with Crippen LogP contribution in [-0.4, -0.2) is 32.0 Å². The van der Waals surface area contributed by atoms with E-state index in [1.165, 1.54) is 12.1 Å². The summed E-state index contributed by atoms with van der Waals surface area (Å²) in [4.78, 5) is 24.6. The Morgan fingerprint density at radius 3 is 2.44 bits per heavy atom. The summed E-state index contributed by atoms with van der Waals surface area (Å²) in [5, 5.41) is 14.2. The lowest BCUT2D eigenvalue weighted by Crippen LogP contribution is -2.21. The highest BCUT2D eigenvalue weighted by Crippen LogP contribution is 2.32. The smallest absolute Gasteiger partial charge is 0.342 e. The molecule has 1 aromatic heterocycles. The van der Waals surface area contributed by atoms with Gasteiger partial charge >= 0.3 is 5.97 Å². The van der Waals surface area contributed by atoms with Gasteiger partial charge in [-0.1, -0.05) is 6.07 Å². The Balaban J connectivity index is 1.67. The number of nitrogens with one attached hydrogen (secondary N) is 2. The SMILES string of the molecule is Cc1cc(Br)c(NC(=O)COC(=O)c2cc(NS(=O)(=O)c3cccs3)ccc2O)c(Br)c1. The van der Waals surface area contributed by atoms with Crippen molar-refractivity contribution in [1.82, 2.24) is 0 Å². The van der Waals surface area contributed by atoms with Gasteiger partial charge in [-0.25, -0.2) is 13.2 Å². The van der Waals surface area contributed by atoms with Crippen LogP contribution in [0.15, 0.2) is 61.0 Å². The van der Waals surface area contributed by atoms with Crippen molar-refractivity contribution in [3.8, 4) is 5.75 Å². The van der Waals surface area contributed by atoms with Gasteiger partial charge in [0, 0.05) is 14.6 Å². The van der Waals surface area contributed by atoms with Crippen LogP contribution in [0.4, 0.5) is 11.4 Å². The van der Waals surface area contributed by atoms with Crippen LogP contribution in [0.25, 0.3) is 0 Å². The van der Waals surface area contributed by atoms with E-state index in [1.54, 1.807) is 11.4 Å². The van der Waals surface area contributed by atoms with Crippen LogP contribution in [0, 0.1) is 6.92 Å². The van der Waals surface area contributed by atoms with Crippen LogP contribution in [0.1, 0.15) is 15.9 Å². The van der Waals surface area contributed by atoms with Crippen LogP contribution in [0.2, 0.25) is 0 Å². The zero-order chi connectivity index (χ0) is 23.5. The zero-order valence-electron chi connectivity index (χ0n) is 16.4. The van der Waals surface area contributed by atoms with Gasteiger partial charge in [-0.05, 0) is 86.1 Å². The van der Waals surface area contributed by atoms with Crippen LogP contribution in [0.5, 0.6) is 5.75 Å². The fourth-order valence-electron chi connectivity index (χ4n) is 2.59. The number of carbonyl (C=O) groups excluding carboxylic acids is 2. The van der Waals surface area contributed by atoms with Gasteiger partial charge < -0.3 is 15.2 Å². The van der Waals surface area contributed by atoms with E-state index < -0.39 is 34.3 Å². The molecule has 0 fully saturated rings. The number of phenolic OH excluding ortho intramolecular Hbond substituents is 1. The maximum atomic E-state index is 12.4. The highest BCUT2D eigenvalue weighted by Gasteiger charge is 2.20. The molecule has 0 aliphatic rings. The van der Waals surface area contributed by atoms with Gasteiger partial charge in [0.05, 0.1) is 5.69 Å². The summed E-state index contributed by atoms with van der Waals surface area (Å²) < 4.78 is 33.4. The fourth-order valence-corrected chi connectivity index (χ4v) is 6.24. The van der Waals surface area contributed by atoms with Crippen molar-refractivity contribution >= 4 is 76.5 Å². The first-order valence-corrected chi connectivity index (χ1v) is 12.8. The van der Waals surface area contributed by atoms with Crippen molar-refractivity contribution in [2.45, 2.75) is 11.1 Å². The molecule has 32 heavy (non-hydrogen) atoms. The number of phenols is 1. The standard InChI is InChI=1S/C20H16Br2N2O6S2/c1-11-7-14(21)19(15(22)8-11)23-17(26)10-30-20(27)13-9-12(4-5-16(13)25)24-32(28,29)18-3-2-6-31-18/h2-9,24-25H,10H2,1H3,(H,23,26). The molecule has 8 nitrogen and oxygen atoms in total. The fraction of sp³-hybridized carbons (Fsp3) is 0.100. The third-order valence-electron chi connectivity index (χ3n) is 4.01. The lowest BCUT2D eigenvalue weighted by molar-refractivity contribution is -0.119. The molecule has 12 heteroatoms. The molecular formula is C20H16Br2N2O6S2. The first-order valence-electron chi connectivity index (χ1n) is 8.89. The summed E-state index contributed by atoms with van der Waals surface area (Å²) in [5.74, 6) is -2.01. The summed E-state index contributed by atoms with van der Waals surface area (Å²) in [5.41, 5.74) is 1.21. The number of ether oxygens (including phenoxy) is 1. The molecule has 0 aliphatic carbocycles. The highest BCUT2D eigenvalue weighted by atomic mass is 79.9. The van der Waals surface area contributed by atoms with Crippen molar-refractivity contribution < 1.29 is 27.9 Å². The van der Waals surface area contributed by atoms with Gasteiger partial charge in [0.2, 0.25) is 0 Å². The Labute approximate surface area is 204 Å². The third kappa shape index (κ3) is 5.88. The molecule has 0 aliphatic heterocycles. The molecule has 0 spiro atoms. The molecule has 3 rings (SSSR count). The maximum Gasteiger partial charge on any atom is 0.342 e. The summed E-state index contributed by atoms with van der Waals surface area (Å²) in [6.45, 7) is 1.28. The van der Waals surface area contributed by atoms with E-state index in [9.17, 15) is 23.1 Å². The number of benzene rings is 2. The Bertz CT molecular complexity index is 1250. The number of thiophene rings is 1. The van der Waals surface area contributed by atoms with E-state index in [4.69, 9.17) is 4.74 Å². The van der Waals surface area contributed by atoms with Crippen LogP contribution < -0.4 is 10.0 Å². The number of halogens is 2. The number of sulfonamides is 1. The van der Waals surface area contributed by atoms with E-state index in [0.29, 0.717) is 14.6 Å². The molecule has 0 atom stereocenters. The Morgan fingerprint density at radius 1 is 1.12 bits per heavy atom. The number of aryl methyl sites for hydroxylation is 1. The minimum atomic E-state index is -3.84. The number of hydrogen-bond acceptors (Lipinski definition) is 7. The molecule has 0 saturated heterocycles. The van der Waals surface area contributed by atoms with E-state index in [0.717, 1.165) is 29.0 Å². The molecule has 168 valence electrons. The van der Waals surface area contributed by atoms with Crippen molar-refractivity contribution in [2.24, 2.45) is 0 Å². The number of anilines is 2. The molecule has 0 radical (unpaired) electrons. The van der Waals surface area contributed by atoms with Crippen LogP contribution in [0.3, 0.4) is 0 Å². The second kappa shape index (κ2) is 10.0. The monoisotopic (exact) mass is 602 g/mol. The second-order valence-electron chi connectivity index (χ2n) is 6.50. The van der Waals surface area contributed by atoms with Gasteiger partial charge in [0.25, 0.3) is 15.9 Å². The van der Waals surface area contributed by atoms with Gasteiger partial charge in [0.15, 0.2) is 6.61 Å². The molecule has 1 heterocycles. The number of rotatable bonds is 7. The van der Waals surface area contributed by atoms with Crippen LogP contribution in [-0.2, 0) is 19.6 Å². The number of hydrogen-bond donors (Lipinski definition) is 3. The van der Waals surface area contributed by atoms with Gasteiger partial charge in [-0.2, -0.15) is 0 Å². The average molecular weight is 604 g/mol. The van der Waals surface area contributed by atoms with E-state index in [-0.39, 0.29) is 15.5 Å². The number of amides is 1. The van der Waals surface area contributed by atoms with Gasteiger partial charge in [-0.3, -0.25) is 9.52 Å². The largest absolute Gasteiger partial charge is 0.507 e. The van der Waals surface area contributed by atoms with Crippen molar-refractivity contribution in [3.05, 3.63) is 67.9 Å². The number of carbonyl (C=O) groups is 2. The van der Waals surface area contributed by atoms with E-state index in [2.05, 4.69) is 41.9 Å². The van der Waals surface area contributed by atoms with E-state index in [1.807, 2.05) is 19.1 Å². The highest BCUT2D eigenvalue weighted by molar-refractivity contribution is 9.11. The number of esters is 1. The lowest BCUT2D eigenvalue weighted by Gasteiger charge is -2.12. The first-order chi connectivity index (χ1) is 15.1. The summed E-state index contributed by atoms with van der Waals surface area (Å²) >= 11 is 7.75. The molecule has 0 unspecified atom stereocenters. The third-order valence-corrected chi connectivity index (χ3v) is 8.04. The Kier molecular flexibility index (Phi) is 7.59. The van der Waals surface area contributed by atoms with Crippen molar-refractivity contribution in [2.75, 3.05) is 16.6 Å². The van der Waals surface area contributed by atoms with Gasteiger partial charge in [-0.15, -0.1) is 11.3 Å². The minimum absolute atomic E-state index is 0.0557. The zero-order valence-corrected chi connectivity index (χ0v) is 21.2. The molecule has 2 aromatic carbocycles. The predicted octanol–water partition coefficient (Wildman–Crippen LogP) is 4.88. The molecule has 0 saturated carbocycles. The van der Waals surface area contributed by atoms with Crippen molar-refractivity contribution in [1.29, 1.82) is 0 Å². The summed E-state index contributed by atoms with van der Waals surface area (Å²) in [6.07, 6.45) is 0. The normalized spacial score (nSPS) is 11.1. The molecular weight excluding hydrogens is 588 g/mol. The quantitative estimate of drug-likeness (QED) is 0.261. The summed E-state index contributed by atoms with van der Waals surface area (Å²) in [6, 6.07) is 10.2.